The smallest absolute Gasteiger partial charge is 0.329 e. The number of aryl methyl sites for hydroxylation is 1. The molecule has 0 bridgehead atoms. The van der Waals surface area contributed by atoms with Gasteiger partial charge in [0.15, 0.2) is 0 Å². The highest BCUT2D eigenvalue weighted by atomic mass is 16.4. The van der Waals surface area contributed by atoms with Crippen molar-refractivity contribution < 1.29 is 14.7 Å². The van der Waals surface area contributed by atoms with Crippen LogP contribution in [0.3, 0.4) is 0 Å². The first-order valence-corrected chi connectivity index (χ1v) is 7.54. The molecule has 0 saturated heterocycles. The Morgan fingerprint density at radius 1 is 1.38 bits per heavy atom. The van der Waals surface area contributed by atoms with Gasteiger partial charge in [-0.3, -0.25) is 4.79 Å². The van der Waals surface area contributed by atoms with E-state index in [9.17, 15) is 14.7 Å². The summed E-state index contributed by atoms with van der Waals surface area (Å²) < 4.78 is 0. The highest BCUT2D eigenvalue weighted by Gasteiger charge is 2.46. The average Bonchev–Trinajstić information content (AvgIpc) is 2.41. The molecule has 1 aromatic carbocycles. The lowest BCUT2D eigenvalue weighted by molar-refractivity contribution is -0.151. The molecule has 2 atom stereocenters. The number of benzene rings is 1. The van der Waals surface area contributed by atoms with Gasteiger partial charge in [-0.05, 0) is 31.2 Å². The molecule has 1 amide bonds. The van der Waals surface area contributed by atoms with E-state index in [1.54, 1.807) is 0 Å². The summed E-state index contributed by atoms with van der Waals surface area (Å²) >= 11 is 0. The molecule has 1 aromatic rings. The molecule has 0 aliphatic heterocycles. The number of carboxylic acid groups (broad SMARTS) is 1. The standard InChI is InChI=1S/C17H23NO3/c1-12-6-5-8-14(10-12)11-15(19)18-17(16(20)21)9-4-3-7-13(17)2/h5-6,8,10,13H,3-4,7,9,11H2,1-2H3,(H,18,19)(H,20,21). The summed E-state index contributed by atoms with van der Waals surface area (Å²) in [6.07, 6.45) is 3.47. The number of carbonyl (C=O) groups excluding carboxylic acids is 1. The molecule has 1 fully saturated rings. The minimum atomic E-state index is -1.10. The van der Waals surface area contributed by atoms with Gasteiger partial charge in [0.05, 0.1) is 6.42 Å². The molecule has 2 rings (SSSR count). The first-order chi connectivity index (χ1) is 9.94. The zero-order valence-electron chi connectivity index (χ0n) is 12.7. The van der Waals surface area contributed by atoms with Gasteiger partial charge in [-0.15, -0.1) is 0 Å². The van der Waals surface area contributed by atoms with Crippen LogP contribution in [0.15, 0.2) is 24.3 Å². The van der Waals surface area contributed by atoms with Gasteiger partial charge in [0.25, 0.3) is 0 Å². The van der Waals surface area contributed by atoms with Crippen LogP contribution in [0.1, 0.15) is 43.7 Å². The molecule has 1 aliphatic carbocycles. The van der Waals surface area contributed by atoms with Crippen molar-refractivity contribution in [1.29, 1.82) is 0 Å². The predicted molar refractivity (Wildman–Crippen MR) is 81.0 cm³/mol. The summed E-state index contributed by atoms with van der Waals surface area (Å²) in [5.74, 6) is -1.16. The van der Waals surface area contributed by atoms with Gasteiger partial charge in [-0.1, -0.05) is 49.6 Å². The Balaban J connectivity index is 2.10. The number of carbonyl (C=O) groups is 2. The second-order valence-electron chi connectivity index (χ2n) is 6.14. The lowest BCUT2D eigenvalue weighted by Crippen LogP contribution is -2.60. The van der Waals surface area contributed by atoms with E-state index >= 15 is 0 Å². The molecule has 114 valence electrons. The highest BCUT2D eigenvalue weighted by molar-refractivity contribution is 5.88. The van der Waals surface area contributed by atoms with E-state index in [1.807, 2.05) is 38.1 Å². The maximum Gasteiger partial charge on any atom is 0.329 e. The van der Waals surface area contributed by atoms with Crippen molar-refractivity contribution in [2.45, 2.75) is 51.5 Å². The lowest BCUT2D eigenvalue weighted by Gasteiger charge is -2.39. The van der Waals surface area contributed by atoms with E-state index < -0.39 is 11.5 Å². The second kappa shape index (κ2) is 6.29. The molecule has 21 heavy (non-hydrogen) atoms. The molecule has 0 radical (unpaired) electrons. The van der Waals surface area contributed by atoms with Crippen LogP contribution < -0.4 is 5.32 Å². The first-order valence-electron chi connectivity index (χ1n) is 7.54. The van der Waals surface area contributed by atoms with Crippen molar-refractivity contribution >= 4 is 11.9 Å². The number of amides is 1. The van der Waals surface area contributed by atoms with Gasteiger partial charge in [-0.25, -0.2) is 4.79 Å². The molecular weight excluding hydrogens is 266 g/mol. The molecule has 0 aromatic heterocycles. The van der Waals surface area contributed by atoms with E-state index in [0.717, 1.165) is 30.4 Å². The molecular formula is C17H23NO3. The Morgan fingerprint density at radius 2 is 2.14 bits per heavy atom. The van der Waals surface area contributed by atoms with Crippen molar-refractivity contribution in [2.24, 2.45) is 5.92 Å². The topological polar surface area (TPSA) is 66.4 Å². The quantitative estimate of drug-likeness (QED) is 0.895. The molecule has 2 unspecified atom stereocenters. The van der Waals surface area contributed by atoms with Crippen LogP contribution in [0.2, 0.25) is 0 Å². The molecule has 0 heterocycles. The Labute approximate surface area is 125 Å². The normalized spacial score (nSPS) is 25.3. The van der Waals surface area contributed by atoms with Gasteiger partial charge in [0.1, 0.15) is 5.54 Å². The predicted octanol–water partition coefficient (Wildman–Crippen LogP) is 2.69. The van der Waals surface area contributed by atoms with Crippen molar-refractivity contribution in [3.63, 3.8) is 0 Å². The van der Waals surface area contributed by atoms with E-state index in [2.05, 4.69) is 5.32 Å². The van der Waals surface area contributed by atoms with E-state index in [1.165, 1.54) is 0 Å². The van der Waals surface area contributed by atoms with Gasteiger partial charge in [-0.2, -0.15) is 0 Å². The molecule has 2 N–H and O–H groups in total. The number of hydrogen-bond acceptors (Lipinski definition) is 2. The summed E-state index contributed by atoms with van der Waals surface area (Å²) in [5, 5.41) is 12.4. The van der Waals surface area contributed by atoms with Gasteiger partial charge < -0.3 is 10.4 Å². The van der Waals surface area contributed by atoms with Crippen LogP contribution in [-0.2, 0) is 16.0 Å². The Hall–Kier alpha value is -1.84. The maximum absolute atomic E-state index is 12.3. The Bertz CT molecular complexity index is 541. The van der Waals surface area contributed by atoms with Crippen LogP contribution >= 0.6 is 0 Å². The van der Waals surface area contributed by atoms with Crippen LogP contribution in [0.5, 0.6) is 0 Å². The van der Waals surface area contributed by atoms with Crippen LogP contribution in [0.4, 0.5) is 0 Å². The van der Waals surface area contributed by atoms with Crippen LogP contribution in [0, 0.1) is 12.8 Å². The first kappa shape index (κ1) is 15.5. The van der Waals surface area contributed by atoms with Crippen molar-refractivity contribution in [1.82, 2.24) is 5.32 Å². The fourth-order valence-corrected chi connectivity index (χ4v) is 3.20. The Morgan fingerprint density at radius 3 is 2.76 bits per heavy atom. The minimum absolute atomic E-state index is 0.0368. The van der Waals surface area contributed by atoms with Gasteiger partial charge in [0, 0.05) is 0 Å². The SMILES string of the molecule is Cc1cccc(CC(=O)NC2(C(=O)O)CCCCC2C)c1. The number of nitrogens with one attached hydrogen (secondary N) is 1. The number of aliphatic carboxylic acids is 1. The van der Waals surface area contributed by atoms with Crippen molar-refractivity contribution in [3.05, 3.63) is 35.4 Å². The molecule has 1 saturated carbocycles. The van der Waals surface area contributed by atoms with Gasteiger partial charge in [0.2, 0.25) is 5.91 Å². The zero-order chi connectivity index (χ0) is 15.5. The van der Waals surface area contributed by atoms with E-state index in [-0.39, 0.29) is 18.2 Å². The summed E-state index contributed by atoms with van der Waals surface area (Å²) in [7, 11) is 0. The zero-order valence-corrected chi connectivity index (χ0v) is 12.7. The third kappa shape index (κ3) is 3.43. The monoisotopic (exact) mass is 289 g/mol. The third-order valence-electron chi connectivity index (χ3n) is 4.49. The maximum atomic E-state index is 12.3. The summed E-state index contributed by atoms with van der Waals surface area (Å²) in [5.41, 5.74) is 0.912. The van der Waals surface area contributed by atoms with E-state index in [0.29, 0.717) is 6.42 Å². The molecule has 4 heteroatoms. The summed E-state index contributed by atoms with van der Waals surface area (Å²) in [6, 6.07) is 7.74. The molecule has 4 nitrogen and oxygen atoms in total. The van der Waals surface area contributed by atoms with Crippen LogP contribution in [0.25, 0.3) is 0 Å². The number of carboxylic acids is 1. The van der Waals surface area contributed by atoms with Gasteiger partial charge >= 0.3 is 5.97 Å². The number of hydrogen-bond donors (Lipinski definition) is 2. The Kier molecular flexibility index (Phi) is 4.66. The lowest BCUT2D eigenvalue weighted by atomic mass is 9.73. The third-order valence-corrected chi connectivity index (χ3v) is 4.49. The fraction of sp³-hybridized carbons (Fsp3) is 0.529. The molecule has 1 aliphatic rings. The summed E-state index contributed by atoms with van der Waals surface area (Å²) in [6.45, 7) is 3.89. The van der Waals surface area contributed by atoms with E-state index in [4.69, 9.17) is 0 Å². The summed E-state index contributed by atoms with van der Waals surface area (Å²) in [4.78, 5) is 24.0. The molecule has 0 spiro atoms. The largest absolute Gasteiger partial charge is 0.479 e. The average molecular weight is 289 g/mol. The van der Waals surface area contributed by atoms with Crippen LogP contribution in [-0.4, -0.2) is 22.5 Å². The second-order valence-corrected chi connectivity index (χ2v) is 6.14. The minimum Gasteiger partial charge on any atom is -0.479 e. The number of rotatable bonds is 4. The highest BCUT2D eigenvalue weighted by Crippen LogP contribution is 2.34. The van der Waals surface area contributed by atoms with Crippen molar-refractivity contribution in [3.8, 4) is 0 Å². The van der Waals surface area contributed by atoms with Crippen molar-refractivity contribution in [2.75, 3.05) is 0 Å². The fourth-order valence-electron chi connectivity index (χ4n) is 3.20.